The lowest BCUT2D eigenvalue weighted by molar-refractivity contribution is -0.790. The molecule has 0 saturated carbocycles. The molecule has 6 atom stereocenters. The zero-order valence-electron chi connectivity index (χ0n) is 16.8. The van der Waals surface area contributed by atoms with Crippen LogP contribution in [-0.2, 0) is 38.2 Å². The lowest BCUT2D eigenvalue weighted by Gasteiger charge is -2.27. The Labute approximate surface area is 177 Å². The molecular weight excluding hydrogens is 424 g/mol. The molecule has 0 aromatic rings. The summed E-state index contributed by atoms with van der Waals surface area (Å²) >= 11 is 0. The molecule has 0 aromatic heterocycles. The molecule has 176 valence electrons. The average Bonchev–Trinajstić information content (AvgIpc) is 3.30. The van der Waals surface area contributed by atoms with Crippen molar-refractivity contribution < 1.29 is 48.3 Å². The van der Waals surface area contributed by atoms with Crippen LogP contribution in [0.2, 0.25) is 0 Å². The molecular formula is C17H26N2O12. The molecule has 0 spiro atoms. The first kappa shape index (κ1) is 23.4. The Hall–Kier alpha value is -2.29. The third kappa shape index (κ3) is 7.12. The summed E-state index contributed by atoms with van der Waals surface area (Å²) in [7, 11) is 0. The average molecular weight is 450 g/mol. The van der Waals surface area contributed by atoms with Crippen LogP contribution in [0.4, 0.5) is 0 Å². The summed E-state index contributed by atoms with van der Waals surface area (Å²) < 4.78 is 28.4. The molecule has 14 nitrogen and oxygen atoms in total. The number of ether oxygens (including phenoxy) is 5. The van der Waals surface area contributed by atoms with Gasteiger partial charge in [-0.2, -0.15) is 0 Å². The number of rotatable bonds is 12. The molecule has 3 heterocycles. The Morgan fingerprint density at radius 2 is 1.77 bits per heavy atom. The number of hydrogen-bond acceptors (Lipinski definition) is 12. The van der Waals surface area contributed by atoms with E-state index in [1.165, 1.54) is 0 Å². The molecule has 0 aliphatic carbocycles. The molecule has 3 aliphatic rings. The van der Waals surface area contributed by atoms with Crippen LogP contribution >= 0.6 is 0 Å². The molecule has 0 bridgehead atoms. The minimum Gasteiger partial charge on any atom is -0.457 e. The van der Waals surface area contributed by atoms with Gasteiger partial charge in [0.15, 0.2) is 12.4 Å². The zero-order chi connectivity index (χ0) is 22.2. The molecule has 3 fully saturated rings. The highest BCUT2D eigenvalue weighted by Gasteiger charge is 2.50. The SMILES string of the molecule is O=C(CCC[C@@H](CO[N+](=O)[O-])O[N+](=O)[O-])O[C@@H]1CO[C@H]2[C@@H]1OC[C@H]2OC1CCCCO1. The monoisotopic (exact) mass is 450 g/mol. The van der Waals surface area contributed by atoms with E-state index in [2.05, 4.69) is 9.68 Å². The van der Waals surface area contributed by atoms with Crippen LogP contribution in [0, 0.1) is 20.2 Å². The van der Waals surface area contributed by atoms with Gasteiger partial charge in [-0.25, -0.2) is 0 Å². The lowest BCUT2D eigenvalue weighted by Crippen LogP contribution is -2.38. The number of hydrogen-bond donors (Lipinski definition) is 0. The van der Waals surface area contributed by atoms with Gasteiger partial charge in [0.2, 0.25) is 0 Å². The molecule has 14 heteroatoms. The molecule has 0 radical (unpaired) electrons. The van der Waals surface area contributed by atoms with Crippen LogP contribution in [0.15, 0.2) is 0 Å². The Bertz CT molecular complexity index is 628. The highest BCUT2D eigenvalue weighted by atomic mass is 17.0. The van der Waals surface area contributed by atoms with Gasteiger partial charge < -0.3 is 33.4 Å². The van der Waals surface area contributed by atoms with Crippen molar-refractivity contribution in [3.05, 3.63) is 20.2 Å². The van der Waals surface area contributed by atoms with Crippen molar-refractivity contribution in [2.24, 2.45) is 0 Å². The van der Waals surface area contributed by atoms with E-state index in [-0.39, 0.29) is 44.4 Å². The minimum atomic E-state index is -1.16. The molecule has 0 N–H and O–H groups in total. The predicted molar refractivity (Wildman–Crippen MR) is 96.5 cm³/mol. The van der Waals surface area contributed by atoms with Gasteiger partial charge in [0.25, 0.3) is 10.2 Å². The largest absolute Gasteiger partial charge is 0.457 e. The topological polar surface area (TPSA) is 168 Å². The molecule has 0 amide bonds. The van der Waals surface area contributed by atoms with E-state index >= 15 is 0 Å². The van der Waals surface area contributed by atoms with E-state index < -0.39 is 41.1 Å². The summed E-state index contributed by atoms with van der Waals surface area (Å²) in [5, 5.41) is 18.6. The van der Waals surface area contributed by atoms with E-state index in [1.807, 2.05) is 0 Å². The summed E-state index contributed by atoms with van der Waals surface area (Å²) in [5.41, 5.74) is 0. The Balaban J connectivity index is 1.37. The maximum atomic E-state index is 12.2. The number of carbonyl (C=O) groups is 1. The Kier molecular flexibility index (Phi) is 8.57. The van der Waals surface area contributed by atoms with Crippen LogP contribution < -0.4 is 0 Å². The van der Waals surface area contributed by atoms with Gasteiger partial charge in [0.1, 0.15) is 31.0 Å². The van der Waals surface area contributed by atoms with E-state index in [4.69, 9.17) is 23.7 Å². The van der Waals surface area contributed by atoms with Crippen molar-refractivity contribution in [3.8, 4) is 0 Å². The fourth-order valence-electron chi connectivity index (χ4n) is 3.79. The smallest absolute Gasteiger partial charge is 0.306 e. The Morgan fingerprint density at radius 1 is 1.03 bits per heavy atom. The van der Waals surface area contributed by atoms with Crippen molar-refractivity contribution in [1.29, 1.82) is 0 Å². The summed E-state index contributed by atoms with van der Waals surface area (Å²) in [4.78, 5) is 41.3. The summed E-state index contributed by atoms with van der Waals surface area (Å²) in [5.74, 6) is -0.534. The molecule has 31 heavy (non-hydrogen) atoms. The second-order valence-corrected chi connectivity index (χ2v) is 7.46. The van der Waals surface area contributed by atoms with Gasteiger partial charge in [-0.15, -0.1) is 20.2 Å². The van der Waals surface area contributed by atoms with Gasteiger partial charge in [-0.3, -0.25) is 4.79 Å². The van der Waals surface area contributed by atoms with Gasteiger partial charge in [-0.1, -0.05) is 0 Å². The quantitative estimate of drug-likeness (QED) is 0.230. The van der Waals surface area contributed by atoms with Gasteiger partial charge in [0.05, 0.1) is 13.2 Å². The number of esters is 1. The maximum absolute atomic E-state index is 12.2. The van der Waals surface area contributed by atoms with Gasteiger partial charge in [-0.05, 0) is 32.1 Å². The fourth-order valence-corrected chi connectivity index (χ4v) is 3.79. The Morgan fingerprint density at radius 3 is 2.45 bits per heavy atom. The predicted octanol–water partition coefficient (Wildman–Crippen LogP) is 0.563. The highest BCUT2D eigenvalue weighted by Crippen LogP contribution is 2.32. The maximum Gasteiger partial charge on any atom is 0.306 e. The van der Waals surface area contributed by atoms with Gasteiger partial charge >= 0.3 is 5.97 Å². The zero-order valence-corrected chi connectivity index (χ0v) is 16.8. The van der Waals surface area contributed by atoms with Crippen molar-refractivity contribution >= 4 is 5.97 Å². The van der Waals surface area contributed by atoms with Crippen LogP contribution in [0.5, 0.6) is 0 Å². The number of carbonyl (C=O) groups excluding carboxylic acids is 1. The van der Waals surface area contributed by atoms with Crippen LogP contribution in [0.3, 0.4) is 0 Å². The molecule has 0 aromatic carbocycles. The second kappa shape index (κ2) is 11.4. The highest BCUT2D eigenvalue weighted by molar-refractivity contribution is 5.69. The molecule has 1 unspecified atom stereocenters. The first-order valence-corrected chi connectivity index (χ1v) is 10.2. The van der Waals surface area contributed by atoms with Gasteiger partial charge in [0, 0.05) is 13.0 Å². The van der Waals surface area contributed by atoms with Crippen LogP contribution in [0.25, 0.3) is 0 Å². The third-order valence-corrected chi connectivity index (χ3v) is 5.22. The molecule has 3 rings (SSSR count). The lowest BCUT2D eigenvalue weighted by atomic mass is 10.1. The third-order valence-electron chi connectivity index (χ3n) is 5.22. The standard InChI is InChI=1S/C17H26N2O12/c20-14(5-3-4-11(31-19(23)24)8-28-18(21)22)29-12-9-26-17-13(10-27-16(12)17)30-15-6-1-2-7-25-15/h11-13,15-17H,1-10H2/t11-,12+,13+,15?,16+,17+/m0/s1. The fraction of sp³-hybridized carbons (Fsp3) is 0.941. The first-order chi connectivity index (χ1) is 14.9. The summed E-state index contributed by atoms with van der Waals surface area (Å²) in [6.45, 7) is 0.554. The first-order valence-electron chi connectivity index (χ1n) is 10.2. The van der Waals surface area contributed by atoms with E-state index in [1.54, 1.807) is 0 Å². The summed E-state index contributed by atoms with van der Waals surface area (Å²) in [6.07, 6.45) is -0.109. The van der Waals surface area contributed by atoms with Crippen molar-refractivity contribution in [2.75, 3.05) is 26.4 Å². The van der Waals surface area contributed by atoms with Crippen molar-refractivity contribution in [3.63, 3.8) is 0 Å². The van der Waals surface area contributed by atoms with Crippen molar-refractivity contribution in [2.45, 2.75) is 75.3 Å². The molecule has 3 aliphatic heterocycles. The van der Waals surface area contributed by atoms with E-state index in [9.17, 15) is 25.0 Å². The van der Waals surface area contributed by atoms with Crippen molar-refractivity contribution in [1.82, 2.24) is 0 Å². The van der Waals surface area contributed by atoms with Crippen LogP contribution in [-0.4, -0.2) is 79.4 Å². The second-order valence-electron chi connectivity index (χ2n) is 7.46. The van der Waals surface area contributed by atoms with E-state index in [0.717, 1.165) is 19.3 Å². The van der Waals surface area contributed by atoms with E-state index in [0.29, 0.717) is 13.2 Å². The van der Waals surface area contributed by atoms with Crippen LogP contribution in [0.1, 0.15) is 38.5 Å². The number of nitrogens with zero attached hydrogens (tertiary/aromatic N) is 2. The minimum absolute atomic E-state index is 0.00490. The summed E-state index contributed by atoms with van der Waals surface area (Å²) in [6, 6.07) is 0. The number of fused-ring (bicyclic) bond motifs is 1. The normalized spacial score (nSPS) is 30.9. The molecule has 3 saturated heterocycles.